The van der Waals surface area contributed by atoms with Gasteiger partial charge in [-0.05, 0) is 23.8 Å². The number of nitrogens with zero attached hydrogens (tertiary/aromatic N) is 1. The fourth-order valence-corrected chi connectivity index (χ4v) is 2.55. The van der Waals surface area contributed by atoms with Crippen molar-refractivity contribution in [3.05, 3.63) is 44.7 Å². The topological polar surface area (TPSA) is 62.9 Å². The first-order valence-electron chi connectivity index (χ1n) is 6.68. The number of rotatable bonds is 7. The lowest BCUT2D eigenvalue weighted by Gasteiger charge is -2.21. The summed E-state index contributed by atoms with van der Waals surface area (Å²) in [6, 6.07) is 7.13. The van der Waals surface area contributed by atoms with Crippen LogP contribution in [-0.4, -0.2) is 43.4 Å². The summed E-state index contributed by atoms with van der Waals surface area (Å²) in [6.07, 6.45) is 0. The second-order valence-electron chi connectivity index (χ2n) is 4.72. The third-order valence-electron chi connectivity index (χ3n) is 3.21. The Kier molecular flexibility index (Phi) is 5.93. The highest BCUT2D eigenvalue weighted by molar-refractivity contribution is 9.10. The number of ether oxygens (including phenoxy) is 1. The Labute approximate surface area is 131 Å². The van der Waals surface area contributed by atoms with Crippen molar-refractivity contribution in [1.82, 2.24) is 4.90 Å². The van der Waals surface area contributed by atoms with Crippen LogP contribution in [0.4, 0.5) is 0 Å². The molecule has 1 heterocycles. The molecule has 6 heteroatoms. The molecule has 21 heavy (non-hydrogen) atoms. The molecule has 1 N–H and O–H groups in total. The zero-order valence-corrected chi connectivity index (χ0v) is 13.4. The van der Waals surface area contributed by atoms with Crippen molar-refractivity contribution in [3.8, 4) is 0 Å². The summed E-state index contributed by atoms with van der Waals surface area (Å²) < 4.78 is 11.2. The molecule has 0 amide bonds. The molecule has 0 bridgehead atoms. The number of aliphatic hydroxyl groups excluding tert-OH is 1. The average Bonchev–Trinajstić information content (AvgIpc) is 2.44. The van der Waals surface area contributed by atoms with Crippen LogP contribution in [0.2, 0.25) is 0 Å². The van der Waals surface area contributed by atoms with Crippen LogP contribution in [0, 0.1) is 0 Å². The Morgan fingerprint density at radius 2 is 2.14 bits per heavy atom. The van der Waals surface area contributed by atoms with E-state index in [1.807, 2.05) is 17.0 Å². The zero-order chi connectivity index (χ0) is 15.2. The van der Waals surface area contributed by atoms with E-state index >= 15 is 0 Å². The molecule has 1 aromatic heterocycles. The summed E-state index contributed by atoms with van der Waals surface area (Å²) in [4.78, 5) is 13.7. The number of methoxy groups -OCH3 is 1. The summed E-state index contributed by atoms with van der Waals surface area (Å²) in [5, 5.41) is 10.1. The SMILES string of the molecule is COCCN(CCO)Cc1cc(=O)oc2cc(Br)ccc12. The number of benzene rings is 1. The van der Waals surface area contributed by atoms with E-state index in [0.29, 0.717) is 31.8 Å². The van der Waals surface area contributed by atoms with Crippen molar-refractivity contribution in [2.45, 2.75) is 6.54 Å². The van der Waals surface area contributed by atoms with E-state index in [4.69, 9.17) is 14.3 Å². The van der Waals surface area contributed by atoms with Crippen molar-refractivity contribution >= 4 is 26.9 Å². The van der Waals surface area contributed by atoms with E-state index in [-0.39, 0.29) is 12.2 Å². The van der Waals surface area contributed by atoms with Crippen LogP contribution in [0.5, 0.6) is 0 Å². The maximum atomic E-state index is 11.7. The maximum absolute atomic E-state index is 11.7. The second kappa shape index (κ2) is 7.70. The molecule has 2 rings (SSSR count). The van der Waals surface area contributed by atoms with E-state index in [2.05, 4.69) is 15.9 Å². The molecule has 5 nitrogen and oxygen atoms in total. The Morgan fingerprint density at radius 1 is 1.33 bits per heavy atom. The predicted octanol–water partition coefficient (Wildman–Crippen LogP) is 2.00. The molecule has 0 saturated carbocycles. The number of halogens is 1. The third-order valence-corrected chi connectivity index (χ3v) is 3.71. The minimum Gasteiger partial charge on any atom is -0.423 e. The third kappa shape index (κ3) is 4.38. The molecule has 0 fully saturated rings. The van der Waals surface area contributed by atoms with Crippen molar-refractivity contribution in [1.29, 1.82) is 0 Å². The van der Waals surface area contributed by atoms with Gasteiger partial charge in [0.25, 0.3) is 0 Å². The Balaban J connectivity index is 2.33. The number of hydrogen-bond donors (Lipinski definition) is 1. The van der Waals surface area contributed by atoms with E-state index in [1.54, 1.807) is 13.2 Å². The summed E-state index contributed by atoms with van der Waals surface area (Å²) in [6.45, 7) is 2.42. The molecular formula is C15H18BrNO4. The largest absolute Gasteiger partial charge is 0.423 e. The standard InChI is InChI=1S/C15H18BrNO4/c1-20-7-5-17(4-6-18)10-11-8-15(19)21-14-9-12(16)2-3-13(11)14/h2-3,8-9,18H,4-7,10H2,1H3. The molecule has 0 aliphatic rings. The van der Waals surface area contributed by atoms with Gasteiger partial charge >= 0.3 is 5.63 Å². The highest BCUT2D eigenvalue weighted by Crippen LogP contribution is 2.22. The summed E-state index contributed by atoms with van der Waals surface area (Å²) in [5.74, 6) is 0. The van der Waals surface area contributed by atoms with Gasteiger partial charge in [0.1, 0.15) is 5.58 Å². The second-order valence-corrected chi connectivity index (χ2v) is 5.64. The first kappa shape index (κ1) is 16.2. The van der Waals surface area contributed by atoms with Crippen molar-refractivity contribution in [2.24, 2.45) is 0 Å². The van der Waals surface area contributed by atoms with Crippen LogP contribution in [-0.2, 0) is 11.3 Å². The van der Waals surface area contributed by atoms with Crippen molar-refractivity contribution < 1.29 is 14.3 Å². The van der Waals surface area contributed by atoms with Crippen LogP contribution in [0.3, 0.4) is 0 Å². The van der Waals surface area contributed by atoms with Gasteiger partial charge in [-0.25, -0.2) is 4.79 Å². The zero-order valence-electron chi connectivity index (χ0n) is 11.8. The monoisotopic (exact) mass is 355 g/mol. The molecule has 1 aromatic carbocycles. The van der Waals surface area contributed by atoms with E-state index in [1.165, 1.54) is 6.07 Å². The highest BCUT2D eigenvalue weighted by Gasteiger charge is 2.11. The van der Waals surface area contributed by atoms with Gasteiger partial charge in [-0.1, -0.05) is 15.9 Å². The molecular weight excluding hydrogens is 338 g/mol. The summed E-state index contributed by atoms with van der Waals surface area (Å²) in [7, 11) is 1.64. The van der Waals surface area contributed by atoms with Gasteiger partial charge in [0.2, 0.25) is 0 Å². The Bertz CT molecular complexity index is 656. The fourth-order valence-electron chi connectivity index (χ4n) is 2.21. The molecule has 0 atom stereocenters. The van der Waals surface area contributed by atoms with Gasteiger partial charge in [0, 0.05) is 42.7 Å². The lowest BCUT2D eigenvalue weighted by atomic mass is 10.1. The lowest BCUT2D eigenvalue weighted by Crippen LogP contribution is -2.30. The first-order chi connectivity index (χ1) is 10.1. The minimum absolute atomic E-state index is 0.0641. The van der Waals surface area contributed by atoms with Gasteiger partial charge in [0.05, 0.1) is 13.2 Å². The van der Waals surface area contributed by atoms with E-state index in [9.17, 15) is 4.79 Å². The summed E-state index contributed by atoms with van der Waals surface area (Å²) in [5.41, 5.74) is 1.08. The smallest absolute Gasteiger partial charge is 0.336 e. The molecule has 114 valence electrons. The lowest BCUT2D eigenvalue weighted by molar-refractivity contribution is 0.127. The summed E-state index contributed by atoms with van der Waals surface area (Å²) >= 11 is 3.37. The predicted molar refractivity (Wildman–Crippen MR) is 84.4 cm³/mol. The van der Waals surface area contributed by atoms with Gasteiger partial charge in [-0.15, -0.1) is 0 Å². The Hall–Kier alpha value is -1.21. The van der Waals surface area contributed by atoms with Crippen LogP contribution in [0.25, 0.3) is 11.0 Å². The van der Waals surface area contributed by atoms with Crippen LogP contribution in [0.1, 0.15) is 5.56 Å². The van der Waals surface area contributed by atoms with Gasteiger partial charge in [0.15, 0.2) is 0 Å². The molecule has 0 spiro atoms. The van der Waals surface area contributed by atoms with Crippen molar-refractivity contribution in [3.63, 3.8) is 0 Å². The van der Waals surface area contributed by atoms with Gasteiger partial charge < -0.3 is 14.3 Å². The minimum atomic E-state index is -0.369. The maximum Gasteiger partial charge on any atom is 0.336 e. The Morgan fingerprint density at radius 3 is 2.86 bits per heavy atom. The highest BCUT2D eigenvalue weighted by atomic mass is 79.9. The van der Waals surface area contributed by atoms with Crippen LogP contribution in [0.15, 0.2) is 37.9 Å². The molecule has 0 saturated heterocycles. The van der Waals surface area contributed by atoms with Crippen LogP contribution >= 0.6 is 15.9 Å². The van der Waals surface area contributed by atoms with E-state index in [0.717, 1.165) is 15.4 Å². The quantitative estimate of drug-likeness (QED) is 0.769. The van der Waals surface area contributed by atoms with Gasteiger partial charge in [-0.2, -0.15) is 0 Å². The van der Waals surface area contributed by atoms with Gasteiger partial charge in [-0.3, -0.25) is 4.90 Å². The van der Waals surface area contributed by atoms with E-state index < -0.39 is 0 Å². The molecule has 0 radical (unpaired) electrons. The molecule has 2 aromatic rings. The number of fused-ring (bicyclic) bond motifs is 1. The van der Waals surface area contributed by atoms with Crippen LogP contribution < -0.4 is 5.63 Å². The number of aliphatic hydroxyl groups is 1. The fraction of sp³-hybridized carbons (Fsp3) is 0.400. The molecule has 0 unspecified atom stereocenters. The molecule has 0 aliphatic carbocycles. The first-order valence-corrected chi connectivity index (χ1v) is 7.48. The van der Waals surface area contributed by atoms with Crippen molar-refractivity contribution in [2.75, 3.05) is 33.4 Å². The molecule has 0 aliphatic heterocycles. The average molecular weight is 356 g/mol. The number of hydrogen-bond acceptors (Lipinski definition) is 5. The normalized spacial score (nSPS) is 11.4.